The maximum atomic E-state index is 12.3. The van der Waals surface area contributed by atoms with Crippen molar-refractivity contribution in [2.24, 2.45) is 13.0 Å². The number of ether oxygens (including phenoxy) is 1. The Morgan fingerprint density at radius 3 is 2.80 bits per heavy atom. The SMILES string of the molecule is CC1CCCCC1NC(=O)COC(=O)c1ccc(Sc2nncn2C)c([N+](=O)[O-])c1. The highest BCUT2D eigenvalue weighted by Gasteiger charge is 2.24. The fourth-order valence-corrected chi connectivity index (χ4v) is 4.18. The van der Waals surface area contributed by atoms with Gasteiger partial charge in [-0.1, -0.05) is 19.8 Å². The molecule has 1 aliphatic rings. The number of hydrogen-bond acceptors (Lipinski definition) is 8. The van der Waals surface area contributed by atoms with Crippen LogP contribution in [0.1, 0.15) is 43.0 Å². The highest BCUT2D eigenvalue weighted by atomic mass is 32.2. The van der Waals surface area contributed by atoms with Crippen molar-refractivity contribution < 1.29 is 19.2 Å². The number of nitrogens with one attached hydrogen (secondary N) is 1. The molecule has 1 amide bonds. The lowest BCUT2D eigenvalue weighted by molar-refractivity contribution is -0.387. The average molecular weight is 433 g/mol. The fourth-order valence-electron chi connectivity index (χ4n) is 3.33. The second kappa shape index (κ2) is 9.70. The van der Waals surface area contributed by atoms with E-state index in [1.165, 1.54) is 18.5 Å². The lowest BCUT2D eigenvalue weighted by Gasteiger charge is -2.29. The Hall–Kier alpha value is -2.95. The van der Waals surface area contributed by atoms with Crippen LogP contribution in [-0.2, 0) is 16.6 Å². The summed E-state index contributed by atoms with van der Waals surface area (Å²) in [6.07, 6.45) is 5.69. The van der Waals surface area contributed by atoms with Gasteiger partial charge in [-0.05, 0) is 42.7 Å². The van der Waals surface area contributed by atoms with Crippen LogP contribution in [0.15, 0.2) is 34.6 Å². The first-order valence-electron chi connectivity index (χ1n) is 9.62. The van der Waals surface area contributed by atoms with Gasteiger partial charge in [0.05, 0.1) is 15.4 Å². The number of benzene rings is 1. The number of hydrogen-bond donors (Lipinski definition) is 1. The average Bonchev–Trinajstić information content (AvgIpc) is 3.12. The number of esters is 1. The minimum absolute atomic E-state index is 0.00264. The number of nitro groups is 1. The number of carbonyl (C=O) groups excluding carboxylic acids is 2. The molecule has 0 bridgehead atoms. The van der Waals surface area contributed by atoms with E-state index in [2.05, 4.69) is 22.4 Å². The maximum absolute atomic E-state index is 12.3. The number of nitro benzene ring substituents is 1. The molecule has 30 heavy (non-hydrogen) atoms. The second-order valence-electron chi connectivity index (χ2n) is 7.28. The first-order valence-corrected chi connectivity index (χ1v) is 10.4. The fraction of sp³-hybridized carbons (Fsp3) is 0.474. The van der Waals surface area contributed by atoms with Gasteiger partial charge in [-0.25, -0.2) is 4.79 Å². The van der Waals surface area contributed by atoms with Crippen molar-refractivity contribution in [3.63, 3.8) is 0 Å². The topological polar surface area (TPSA) is 129 Å². The van der Waals surface area contributed by atoms with Gasteiger partial charge in [0.15, 0.2) is 11.8 Å². The lowest BCUT2D eigenvalue weighted by Crippen LogP contribution is -2.42. The highest BCUT2D eigenvalue weighted by molar-refractivity contribution is 7.99. The Balaban J connectivity index is 1.62. The van der Waals surface area contributed by atoms with Crippen molar-refractivity contribution in [3.8, 4) is 0 Å². The second-order valence-corrected chi connectivity index (χ2v) is 8.29. The molecule has 3 rings (SSSR count). The molecule has 0 aliphatic heterocycles. The van der Waals surface area contributed by atoms with Crippen molar-refractivity contribution >= 4 is 29.3 Å². The normalized spacial score (nSPS) is 18.6. The van der Waals surface area contributed by atoms with E-state index in [9.17, 15) is 19.7 Å². The van der Waals surface area contributed by atoms with Gasteiger partial charge in [0.2, 0.25) is 0 Å². The van der Waals surface area contributed by atoms with E-state index >= 15 is 0 Å². The van der Waals surface area contributed by atoms with Crippen LogP contribution in [0.2, 0.25) is 0 Å². The van der Waals surface area contributed by atoms with Crippen molar-refractivity contribution in [3.05, 3.63) is 40.2 Å². The number of carbonyl (C=O) groups is 2. The minimum atomic E-state index is -0.792. The zero-order chi connectivity index (χ0) is 21.7. The first kappa shape index (κ1) is 21.8. The number of nitrogens with zero attached hydrogens (tertiary/aromatic N) is 4. The third kappa shape index (κ3) is 5.35. The molecular formula is C19H23N5O5S. The summed E-state index contributed by atoms with van der Waals surface area (Å²) in [5, 5.41) is 22.5. The van der Waals surface area contributed by atoms with Crippen LogP contribution in [-0.4, -0.2) is 44.2 Å². The molecule has 2 aromatic rings. The van der Waals surface area contributed by atoms with Crippen molar-refractivity contribution in [1.29, 1.82) is 0 Å². The summed E-state index contributed by atoms with van der Waals surface area (Å²) in [5.74, 6) is -0.772. The van der Waals surface area contributed by atoms with E-state index in [4.69, 9.17) is 4.74 Å². The van der Waals surface area contributed by atoms with E-state index < -0.39 is 17.5 Å². The van der Waals surface area contributed by atoms with E-state index in [0.717, 1.165) is 43.5 Å². The Bertz CT molecular complexity index is 947. The molecule has 1 aromatic carbocycles. The largest absolute Gasteiger partial charge is 0.452 e. The molecule has 1 N–H and O–H groups in total. The standard InChI is InChI=1S/C19H23N5O5S/c1-12-5-3-4-6-14(12)21-17(25)10-29-18(26)13-7-8-16(15(9-13)24(27)28)30-19-22-20-11-23(19)2/h7-9,11-12,14H,3-6,10H2,1-2H3,(H,21,25). The van der Waals surface area contributed by atoms with Crippen LogP contribution in [0.4, 0.5) is 5.69 Å². The lowest BCUT2D eigenvalue weighted by atomic mass is 9.86. The summed E-state index contributed by atoms with van der Waals surface area (Å²) in [5.41, 5.74) is -0.249. The number of rotatable bonds is 7. The molecule has 2 atom stereocenters. The van der Waals surface area contributed by atoms with E-state index in [1.807, 2.05) is 0 Å². The predicted octanol–water partition coefficient (Wildman–Crippen LogP) is 2.73. The van der Waals surface area contributed by atoms with Crippen molar-refractivity contribution in [2.75, 3.05) is 6.61 Å². The zero-order valence-corrected chi connectivity index (χ0v) is 17.6. The Labute approximate surface area is 177 Å². The number of aryl methyl sites for hydroxylation is 1. The molecular weight excluding hydrogens is 410 g/mol. The van der Waals surface area contributed by atoms with Crippen LogP contribution in [0.3, 0.4) is 0 Å². The van der Waals surface area contributed by atoms with Crippen LogP contribution in [0, 0.1) is 16.0 Å². The molecule has 160 valence electrons. The molecule has 10 nitrogen and oxygen atoms in total. The van der Waals surface area contributed by atoms with E-state index in [1.54, 1.807) is 11.6 Å². The van der Waals surface area contributed by atoms with Gasteiger partial charge >= 0.3 is 5.97 Å². The Morgan fingerprint density at radius 2 is 2.13 bits per heavy atom. The van der Waals surface area contributed by atoms with Gasteiger partial charge in [-0.3, -0.25) is 14.9 Å². The van der Waals surface area contributed by atoms with Gasteiger partial charge in [0.25, 0.3) is 11.6 Å². The van der Waals surface area contributed by atoms with Crippen LogP contribution in [0.5, 0.6) is 0 Å². The summed E-state index contributed by atoms with van der Waals surface area (Å²) in [6, 6.07) is 4.11. The van der Waals surface area contributed by atoms with Gasteiger partial charge < -0.3 is 14.6 Å². The molecule has 0 radical (unpaired) electrons. The predicted molar refractivity (Wildman–Crippen MR) is 108 cm³/mol. The molecule has 1 saturated carbocycles. The first-order chi connectivity index (χ1) is 14.3. The molecule has 1 fully saturated rings. The molecule has 1 aliphatic carbocycles. The quantitative estimate of drug-likeness (QED) is 0.401. The monoisotopic (exact) mass is 433 g/mol. The summed E-state index contributed by atoms with van der Waals surface area (Å²) < 4.78 is 6.69. The molecule has 1 heterocycles. The highest BCUT2D eigenvalue weighted by Crippen LogP contribution is 2.34. The molecule has 0 saturated heterocycles. The third-order valence-electron chi connectivity index (χ3n) is 5.05. The summed E-state index contributed by atoms with van der Waals surface area (Å²) in [7, 11) is 1.72. The van der Waals surface area contributed by atoms with E-state index in [-0.39, 0.29) is 23.2 Å². The van der Waals surface area contributed by atoms with Crippen LogP contribution < -0.4 is 5.32 Å². The molecule has 0 spiro atoms. The molecule has 1 aromatic heterocycles. The molecule has 2 unspecified atom stereocenters. The summed E-state index contributed by atoms with van der Waals surface area (Å²) in [6.45, 7) is 1.67. The van der Waals surface area contributed by atoms with Gasteiger partial charge in [0, 0.05) is 19.2 Å². The maximum Gasteiger partial charge on any atom is 0.338 e. The smallest absolute Gasteiger partial charge is 0.338 e. The van der Waals surface area contributed by atoms with Crippen LogP contribution >= 0.6 is 11.8 Å². The summed E-state index contributed by atoms with van der Waals surface area (Å²) in [4.78, 5) is 35.6. The van der Waals surface area contributed by atoms with Gasteiger partial charge in [-0.15, -0.1) is 10.2 Å². The van der Waals surface area contributed by atoms with E-state index in [0.29, 0.717) is 16.0 Å². The zero-order valence-electron chi connectivity index (χ0n) is 16.7. The minimum Gasteiger partial charge on any atom is -0.452 e. The number of aromatic nitrogens is 3. The third-order valence-corrected chi connectivity index (χ3v) is 6.17. The Morgan fingerprint density at radius 1 is 1.37 bits per heavy atom. The van der Waals surface area contributed by atoms with Crippen molar-refractivity contribution in [1.82, 2.24) is 20.1 Å². The van der Waals surface area contributed by atoms with Crippen LogP contribution in [0.25, 0.3) is 0 Å². The Kier molecular flexibility index (Phi) is 7.03. The van der Waals surface area contributed by atoms with Crippen molar-refractivity contribution in [2.45, 2.75) is 48.7 Å². The van der Waals surface area contributed by atoms with Gasteiger partial charge in [0.1, 0.15) is 6.33 Å². The molecule has 11 heteroatoms. The number of amides is 1. The summed E-state index contributed by atoms with van der Waals surface area (Å²) >= 11 is 1.07. The van der Waals surface area contributed by atoms with Gasteiger partial charge in [-0.2, -0.15) is 0 Å².